The third-order valence-electron chi connectivity index (χ3n) is 4.32. The molecule has 3 heterocycles. The molecule has 150 valence electrons. The summed E-state index contributed by atoms with van der Waals surface area (Å²) in [5.74, 6) is -1.14. The molecule has 0 aliphatic carbocycles. The van der Waals surface area contributed by atoms with Crippen LogP contribution < -0.4 is 4.90 Å². The van der Waals surface area contributed by atoms with E-state index in [2.05, 4.69) is 15.4 Å². The van der Waals surface area contributed by atoms with Crippen molar-refractivity contribution in [1.29, 1.82) is 0 Å². The summed E-state index contributed by atoms with van der Waals surface area (Å²) >= 11 is 0. The van der Waals surface area contributed by atoms with E-state index in [9.17, 15) is 14.0 Å². The Balaban J connectivity index is 1.50. The van der Waals surface area contributed by atoms with Gasteiger partial charge in [0, 0.05) is 12.4 Å². The highest BCUT2D eigenvalue weighted by atomic mass is 19.1. The lowest BCUT2D eigenvalue weighted by Gasteiger charge is -2.14. The number of halogens is 1. The summed E-state index contributed by atoms with van der Waals surface area (Å²) in [7, 11) is 0. The number of hydrogen-bond donors (Lipinski definition) is 0. The molecule has 0 bridgehead atoms. The number of aromatic nitrogens is 5. The van der Waals surface area contributed by atoms with E-state index in [0.717, 1.165) is 0 Å². The minimum absolute atomic E-state index is 0.135. The van der Waals surface area contributed by atoms with Gasteiger partial charge in [-0.3, -0.25) is 4.90 Å². The quantitative estimate of drug-likeness (QED) is 0.581. The monoisotopic (exact) mass is 400 g/mol. The van der Waals surface area contributed by atoms with E-state index in [-0.39, 0.29) is 24.4 Å². The number of carbonyl (C=O) groups is 2. The zero-order valence-electron chi connectivity index (χ0n) is 15.4. The van der Waals surface area contributed by atoms with Gasteiger partial charge in [-0.05, 0) is 25.1 Å². The molecular weight excluding hydrogens is 383 g/mol. The van der Waals surface area contributed by atoms with Crippen molar-refractivity contribution in [2.75, 3.05) is 18.1 Å². The van der Waals surface area contributed by atoms with E-state index in [4.69, 9.17) is 9.47 Å². The maximum atomic E-state index is 14.7. The lowest BCUT2D eigenvalue weighted by Crippen LogP contribution is -2.26. The van der Waals surface area contributed by atoms with Crippen molar-refractivity contribution in [3.8, 4) is 5.69 Å². The average Bonchev–Trinajstić information content (AvgIpc) is 3.43. The number of esters is 1. The minimum atomic E-state index is -0.603. The van der Waals surface area contributed by atoms with Crippen LogP contribution in [0.2, 0.25) is 0 Å². The average molecular weight is 400 g/mol. The highest BCUT2D eigenvalue weighted by Crippen LogP contribution is 2.26. The van der Waals surface area contributed by atoms with Crippen LogP contribution >= 0.6 is 0 Å². The van der Waals surface area contributed by atoms with Crippen LogP contribution in [0, 0.1) is 5.82 Å². The fourth-order valence-corrected chi connectivity index (χ4v) is 2.99. The van der Waals surface area contributed by atoms with Crippen LogP contribution in [0.25, 0.3) is 5.69 Å². The maximum absolute atomic E-state index is 14.7. The molecule has 0 saturated carbocycles. The normalized spacial score (nSPS) is 16.1. The van der Waals surface area contributed by atoms with Crippen LogP contribution in [0.5, 0.6) is 0 Å². The lowest BCUT2D eigenvalue weighted by molar-refractivity contribution is 0.0526. The van der Waals surface area contributed by atoms with E-state index in [1.54, 1.807) is 23.9 Å². The topological polar surface area (TPSA) is 104 Å². The van der Waals surface area contributed by atoms with Gasteiger partial charge in [-0.2, -0.15) is 5.10 Å². The van der Waals surface area contributed by atoms with Gasteiger partial charge in [-0.25, -0.2) is 23.3 Å². The Morgan fingerprint density at radius 2 is 2.28 bits per heavy atom. The molecule has 0 spiro atoms. The number of ether oxygens (including phenoxy) is 2. The van der Waals surface area contributed by atoms with Crippen molar-refractivity contribution >= 4 is 17.7 Å². The molecule has 2 aromatic heterocycles. The molecule has 1 aliphatic rings. The van der Waals surface area contributed by atoms with Crippen LogP contribution in [0.15, 0.2) is 43.0 Å². The molecule has 1 aromatic carbocycles. The number of carbonyl (C=O) groups excluding carboxylic acids is 2. The largest absolute Gasteiger partial charge is 0.462 e. The van der Waals surface area contributed by atoms with Gasteiger partial charge in [0.2, 0.25) is 0 Å². The number of anilines is 1. The second-order valence-electron chi connectivity index (χ2n) is 6.27. The van der Waals surface area contributed by atoms with Crippen molar-refractivity contribution in [2.24, 2.45) is 0 Å². The van der Waals surface area contributed by atoms with E-state index in [1.165, 1.54) is 40.3 Å². The zero-order valence-corrected chi connectivity index (χ0v) is 15.4. The first-order valence-corrected chi connectivity index (χ1v) is 8.89. The Morgan fingerprint density at radius 3 is 3.00 bits per heavy atom. The first-order chi connectivity index (χ1) is 14.0. The molecule has 0 radical (unpaired) electrons. The highest BCUT2D eigenvalue weighted by Gasteiger charge is 2.33. The van der Waals surface area contributed by atoms with Gasteiger partial charge in [-0.1, -0.05) is 5.21 Å². The number of hydrogen-bond acceptors (Lipinski definition) is 7. The predicted molar refractivity (Wildman–Crippen MR) is 97.1 cm³/mol. The second-order valence-corrected chi connectivity index (χ2v) is 6.27. The molecule has 1 atom stereocenters. The first-order valence-electron chi connectivity index (χ1n) is 8.89. The second kappa shape index (κ2) is 7.70. The summed E-state index contributed by atoms with van der Waals surface area (Å²) in [5, 5.41) is 11.5. The van der Waals surface area contributed by atoms with Crippen molar-refractivity contribution in [3.63, 3.8) is 0 Å². The number of rotatable bonds is 6. The molecule has 3 aromatic rings. The van der Waals surface area contributed by atoms with Gasteiger partial charge in [0.1, 0.15) is 11.8 Å². The molecular formula is C18H17FN6O4. The fraction of sp³-hybridized carbons (Fsp3) is 0.278. The highest BCUT2D eigenvalue weighted by molar-refractivity contribution is 5.90. The van der Waals surface area contributed by atoms with Crippen molar-refractivity contribution in [1.82, 2.24) is 24.8 Å². The summed E-state index contributed by atoms with van der Waals surface area (Å²) in [4.78, 5) is 25.3. The van der Waals surface area contributed by atoms with E-state index in [1.807, 2.05) is 0 Å². The molecule has 4 rings (SSSR count). The molecule has 29 heavy (non-hydrogen) atoms. The predicted octanol–water partition coefficient (Wildman–Crippen LogP) is 1.80. The van der Waals surface area contributed by atoms with E-state index >= 15 is 0 Å². The number of amides is 1. The fourth-order valence-electron chi connectivity index (χ4n) is 2.99. The van der Waals surface area contributed by atoms with Gasteiger partial charge < -0.3 is 9.47 Å². The lowest BCUT2D eigenvalue weighted by atomic mass is 10.2. The molecule has 1 saturated heterocycles. The summed E-state index contributed by atoms with van der Waals surface area (Å²) in [6.45, 7) is 2.54. The van der Waals surface area contributed by atoms with Gasteiger partial charge >= 0.3 is 12.1 Å². The molecule has 0 unspecified atom stereocenters. The maximum Gasteiger partial charge on any atom is 0.414 e. The Morgan fingerprint density at radius 1 is 1.41 bits per heavy atom. The summed E-state index contributed by atoms with van der Waals surface area (Å²) < 4.78 is 27.7. The van der Waals surface area contributed by atoms with Gasteiger partial charge in [0.15, 0.2) is 5.82 Å². The van der Waals surface area contributed by atoms with Crippen LogP contribution in [0.1, 0.15) is 17.3 Å². The molecule has 1 aliphatic heterocycles. The van der Waals surface area contributed by atoms with Crippen LogP contribution in [0.3, 0.4) is 0 Å². The molecule has 1 fully saturated rings. The summed E-state index contributed by atoms with van der Waals surface area (Å²) in [5.41, 5.74) is 0.709. The Labute approximate surface area is 164 Å². The zero-order chi connectivity index (χ0) is 20.4. The standard InChI is InChI=1S/C18H17FN6O4/c1-2-28-17(26)12-8-21-25(9-12)16-4-3-13(7-15(16)19)24-11-14(29-18(24)27)10-23-6-5-20-22-23/h3-9,14H,2,10-11H2,1H3/t14-/m0/s1. The SMILES string of the molecule is CCOC(=O)c1cnn(-c2ccc(N3C[C@H](Cn4ccnn4)OC3=O)cc2F)c1. The summed E-state index contributed by atoms with van der Waals surface area (Å²) in [6, 6.07) is 4.29. The molecule has 1 amide bonds. The van der Waals surface area contributed by atoms with Crippen LogP contribution in [-0.4, -0.2) is 56.1 Å². The van der Waals surface area contributed by atoms with E-state index < -0.39 is 24.0 Å². The third kappa shape index (κ3) is 3.79. The number of nitrogens with zero attached hydrogens (tertiary/aromatic N) is 6. The number of cyclic esters (lactones) is 1. The Kier molecular flexibility index (Phi) is 4.94. The van der Waals surface area contributed by atoms with Crippen molar-refractivity contribution < 1.29 is 23.5 Å². The molecule has 10 nitrogen and oxygen atoms in total. The first kappa shape index (κ1) is 18.6. The third-order valence-corrected chi connectivity index (χ3v) is 4.32. The van der Waals surface area contributed by atoms with Gasteiger partial charge in [0.25, 0.3) is 0 Å². The van der Waals surface area contributed by atoms with Crippen molar-refractivity contribution in [3.05, 3.63) is 54.4 Å². The number of benzene rings is 1. The van der Waals surface area contributed by atoms with Crippen molar-refractivity contribution in [2.45, 2.75) is 19.6 Å². The van der Waals surface area contributed by atoms with E-state index in [0.29, 0.717) is 12.2 Å². The minimum Gasteiger partial charge on any atom is -0.462 e. The van der Waals surface area contributed by atoms with Gasteiger partial charge in [0.05, 0.1) is 43.3 Å². The van der Waals surface area contributed by atoms with Gasteiger partial charge in [-0.15, -0.1) is 5.10 Å². The summed E-state index contributed by atoms with van der Waals surface area (Å²) in [6.07, 6.45) is 4.90. The van der Waals surface area contributed by atoms with Crippen LogP contribution in [-0.2, 0) is 16.0 Å². The smallest absolute Gasteiger partial charge is 0.414 e. The van der Waals surface area contributed by atoms with Crippen LogP contribution in [0.4, 0.5) is 14.9 Å². The Hall–Kier alpha value is -3.76. The molecule has 11 heteroatoms. The molecule has 0 N–H and O–H groups in total. The Bertz CT molecular complexity index is 1030.